The molecule has 1 aromatic heterocycles. The van der Waals surface area contributed by atoms with Crippen LogP contribution in [0.25, 0.3) is 0 Å². The molecule has 30 heavy (non-hydrogen) atoms. The van der Waals surface area contributed by atoms with Crippen molar-refractivity contribution in [2.24, 2.45) is 5.92 Å². The van der Waals surface area contributed by atoms with Crippen LogP contribution in [-0.4, -0.2) is 62.7 Å². The number of rotatable bonds is 3. The van der Waals surface area contributed by atoms with E-state index >= 15 is 0 Å². The normalized spacial score (nSPS) is 25.5. The average molecular weight is 407 g/mol. The molecule has 3 amide bonds. The van der Waals surface area contributed by atoms with Crippen LogP contribution in [0.4, 0.5) is 0 Å². The van der Waals surface area contributed by atoms with Crippen molar-refractivity contribution in [3.05, 3.63) is 60.2 Å². The van der Waals surface area contributed by atoms with Crippen LogP contribution in [0.2, 0.25) is 0 Å². The van der Waals surface area contributed by atoms with Crippen molar-refractivity contribution >= 4 is 17.7 Å². The highest BCUT2D eigenvalue weighted by molar-refractivity contribution is 5.92. The van der Waals surface area contributed by atoms with Crippen LogP contribution in [0.5, 0.6) is 0 Å². The van der Waals surface area contributed by atoms with Crippen LogP contribution >= 0.6 is 0 Å². The van der Waals surface area contributed by atoms with Crippen molar-refractivity contribution in [1.29, 1.82) is 0 Å². The summed E-state index contributed by atoms with van der Waals surface area (Å²) in [4.78, 5) is 49.4. The van der Waals surface area contributed by atoms with Gasteiger partial charge in [0.2, 0.25) is 11.8 Å². The molecule has 0 radical (unpaired) electrons. The van der Waals surface area contributed by atoms with Crippen molar-refractivity contribution in [3.8, 4) is 0 Å². The van der Waals surface area contributed by atoms with Gasteiger partial charge >= 0.3 is 0 Å². The number of carbonyl (C=O) groups is 3. The second-order valence-corrected chi connectivity index (χ2v) is 8.05. The highest BCUT2D eigenvalue weighted by atomic mass is 16.2. The minimum Gasteiger partial charge on any atom is -0.347 e. The number of hydrogen-bond acceptors (Lipinski definition) is 5. The van der Waals surface area contributed by atoms with Crippen LogP contribution in [-0.2, 0) is 9.59 Å². The smallest absolute Gasteiger partial charge is 0.274 e. The second-order valence-electron chi connectivity index (χ2n) is 8.05. The Balaban J connectivity index is 1.70. The van der Waals surface area contributed by atoms with Crippen molar-refractivity contribution < 1.29 is 14.4 Å². The molecule has 2 aliphatic heterocycles. The summed E-state index contributed by atoms with van der Waals surface area (Å²) in [5.41, 5.74) is 0.599. The van der Waals surface area contributed by atoms with Gasteiger partial charge in [0.05, 0.1) is 17.8 Å². The van der Waals surface area contributed by atoms with Crippen LogP contribution in [0.1, 0.15) is 42.4 Å². The summed E-state index contributed by atoms with van der Waals surface area (Å²) in [6, 6.07) is 9.74. The molecular weight excluding hydrogens is 382 g/mol. The Morgan fingerprint density at radius 1 is 1.10 bits per heavy atom. The lowest BCUT2D eigenvalue weighted by molar-refractivity contribution is -0.130. The predicted octanol–water partition coefficient (Wildman–Crippen LogP) is 1.42. The largest absolute Gasteiger partial charge is 0.347 e. The third-order valence-electron chi connectivity index (χ3n) is 6.10. The number of likely N-dealkylation sites (tertiary alicyclic amines) is 2. The SMILES string of the molecule is CC(=O)N[C@@]12CN(C(=O)c3cnccn3)CC[C@@H]1[C@@H](c1ccccc1)N(C(C)=O)C2. The summed E-state index contributed by atoms with van der Waals surface area (Å²) in [5.74, 6) is -0.441. The molecule has 3 atom stereocenters. The molecule has 0 saturated carbocycles. The number of benzene rings is 1. The van der Waals surface area contributed by atoms with E-state index in [0.717, 1.165) is 5.56 Å². The monoisotopic (exact) mass is 407 g/mol. The molecule has 0 aliphatic carbocycles. The Labute approximate surface area is 175 Å². The van der Waals surface area contributed by atoms with E-state index in [-0.39, 0.29) is 35.4 Å². The zero-order valence-electron chi connectivity index (χ0n) is 17.1. The van der Waals surface area contributed by atoms with Crippen molar-refractivity contribution in [2.75, 3.05) is 19.6 Å². The first-order chi connectivity index (χ1) is 14.4. The van der Waals surface area contributed by atoms with Gasteiger partial charge in [0.25, 0.3) is 5.91 Å². The third-order valence-corrected chi connectivity index (χ3v) is 6.10. The van der Waals surface area contributed by atoms with Crippen LogP contribution in [0, 0.1) is 5.92 Å². The number of fused-ring (bicyclic) bond motifs is 1. The van der Waals surface area contributed by atoms with Crippen LogP contribution in [0.15, 0.2) is 48.9 Å². The Kier molecular flexibility index (Phi) is 5.24. The summed E-state index contributed by atoms with van der Waals surface area (Å²) in [6.45, 7) is 4.23. The topological polar surface area (TPSA) is 95.5 Å². The lowest BCUT2D eigenvalue weighted by Gasteiger charge is -2.45. The molecule has 4 rings (SSSR count). The number of aromatic nitrogens is 2. The second kappa shape index (κ2) is 7.85. The van der Waals surface area contributed by atoms with E-state index in [1.54, 1.807) is 11.8 Å². The third kappa shape index (κ3) is 3.53. The molecule has 8 heteroatoms. The number of amides is 3. The summed E-state index contributed by atoms with van der Waals surface area (Å²) in [7, 11) is 0. The van der Waals surface area contributed by atoms with Gasteiger partial charge in [-0.05, 0) is 12.0 Å². The quantitative estimate of drug-likeness (QED) is 0.830. The minimum atomic E-state index is -0.714. The maximum Gasteiger partial charge on any atom is 0.274 e. The summed E-state index contributed by atoms with van der Waals surface area (Å²) in [6.07, 6.45) is 5.12. The highest BCUT2D eigenvalue weighted by Gasteiger charge is 2.57. The lowest BCUT2D eigenvalue weighted by Crippen LogP contribution is -2.64. The fourth-order valence-electron chi connectivity index (χ4n) is 4.99. The van der Waals surface area contributed by atoms with Crippen molar-refractivity contribution in [3.63, 3.8) is 0 Å². The Morgan fingerprint density at radius 2 is 1.87 bits per heavy atom. The van der Waals surface area contributed by atoms with Crippen LogP contribution in [0.3, 0.4) is 0 Å². The standard InChI is InChI=1S/C22H25N5O3/c1-15(28)25-22-13-26(21(30)19-12-23-9-10-24-19)11-8-18(22)20(27(14-22)16(2)29)17-6-4-3-5-7-17/h3-7,9-10,12,18,20H,8,11,13-14H2,1-2H3,(H,25,28)/t18-,20-,22-/m1/s1. The first-order valence-corrected chi connectivity index (χ1v) is 10.1. The lowest BCUT2D eigenvalue weighted by atomic mass is 9.75. The molecular formula is C22H25N5O3. The van der Waals surface area contributed by atoms with E-state index in [9.17, 15) is 14.4 Å². The number of nitrogens with zero attached hydrogens (tertiary/aromatic N) is 4. The maximum atomic E-state index is 13.0. The summed E-state index contributed by atoms with van der Waals surface area (Å²) in [5, 5.41) is 3.12. The van der Waals surface area contributed by atoms with E-state index in [1.165, 1.54) is 25.5 Å². The minimum absolute atomic E-state index is 0.00129. The molecule has 2 saturated heterocycles. The zero-order valence-corrected chi connectivity index (χ0v) is 17.1. The van der Waals surface area contributed by atoms with Gasteiger partial charge in [-0.15, -0.1) is 0 Å². The van der Waals surface area contributed by atoms with Gasteiger partial charge in [0.15, 0.2) is 0 Å². The number of nitrogens with one attached hydrogen (secondary N) is 1. The molecule has 2 aliphatic rings. The molecule has 0 bridgehead atoms. The summed E-state index contributed by atoms with van der Waals surface area (Å²) < 4.78 is 0. The van der Waals surface area contributed by atoms with Crippen molar-refractivity contribution in [2.45, 2.75) is 31.8 Å². The molecule has 0 spiro atoms. The fourth-order valence-corrected chi connectivity index (χ4v) is 4.99. The van der Waals surface area contributed by atoms with E-state index in [0.29, 0.717) is 26.1 Å². The van der Waals surface area contributed by atoms with Gasteiger partial charge < -0.3 is 15.1 Å². The molecule has 2 aromatic rings. The number of hydrogen-bond donors (Lipinski definition) is 1. The molecule has 2 fully saturated rings. The zero-order chi connectivity index (χ0) is 21.3. The first-order valence-electron chi connectivity index (χ1n) is 10.1. The molecule has 8 nitrogen and oxygen atoms in total. The first kappa shape index (κ1) is 20.0. The molecule has 1 N–H and O–H groups in total. The highest BCUT2D eigenvalue weighted by Crippen LogP contribution is 2.47. The molecule has 1 aromatic carbocycles. The van der Waals surface area contributed by atoms with Gasteiger partial charge in [-0.3, -0.25) is 19.4 Å². The van der Waals surface area contributed by atoms with E-state index in [2.05, 4.69) is 15.3 Å². The predicted molar refractivity (Wildman–Crippen MR) is 109 cm³/mol. The van der Waals surface area contributed by atoms with Gasteiger partial charge in [0.1, 0.15) is 5.69 Å². The maximum absolute atomic E-state index is 13.0. The molecule has 3 heterocycles. The summed E-state index contributed by atoms with van der Waals surface area (Å²) >= 11 is 0. The number of piperidine rings is 1. The van der Waals surface area contributed by atoms with Gasteiger partial charge in [-0.25, -0.2) is 4.98 Å². The van der Waals surface area contributed by atoms with Gasteiger partial charge in [0, 0.05) is 51.8 Å². The van der Waals surface area contributed by atoms with E-state index in [4.69, 9.17) is 0 Å². The Morgan fingerprint density at radius 3 is 2.50 bits per heavy atom. The Bertz CT molecular complexity index is 952. The Hall–Kier alpha value is -3.29. The number of carbonyl (C=O) groups excluding carboxylic acids is 3. The molecule has 0 unspecified atom stereocenters. The van der Waals surface area contributed by atoms with Gasteiger partial charge in [-0.2, -0.15) is 0 Å². The van der Waals surface area contributed by atoms with E-state index < -0.39 is 5.54 Å². The van der Waals surface area contributed by atoms with Gasteiger partial charge in [-0.1, -0.05) is 30.3 Å². The molecule has 156 valence electrons. The van der Waals surface area contributed by atoms with Crippen molar-refractivity contribution in [1.82, 2.24) is 25.1 Å². The fraction of sp³-hybridized carbons (Fsp3) is 0.409. The average Bonchev–Trinajstić information content (AvgIpc) is 3.08. The van der Waals surface area contributed by atoms with Crippen LogP contribution < -0.4 is 5.32 Å². The van der Waals surface area contributed by atoms with E-state index in [1.807, 2.05) is 35.2 Å².